The molecule has 0 saturated carbocycles. The first-order chi connectivity index (χ1) is 7.89. The van der Waals surface area contributed by atoms with Crippen LogP contribution in [0.3, 0.4) is 0 Å². The van der Waals surface area contributed by atoms with E-state index < -0.39 is 11.4 Å². The molecule has 0 aromatic heterocycles. The molecule has 5 heteroatoms. The van der Waals surface area contributed by atoms with E-state index in [1.807, 2.05) is 13.8 Å². The topological polar surface area (TPSA) is 78.4 Å². The number of rotatable bonds is 7. The summed E-state index contributed by atoms with van der Waals surface area (Å²) in [5, 5.41) is 14.5. The van der Waals surface area contributed by atoms with Crippen LogP contribution in [0.4, 0.5) is 4.79 Å². The number of aliphatic carboxylic acids is 1. The number of carbonyl (C=O) groups is 2. The number of hydrogen-bond donors (Lipinski definition) is 3. The van der Waals surface area contributed by atoms with Gasteiger partial charge in [0.1, 0.15) is 0 Å². The Bertz CT molecular complexity index is 264. The molecule has 100 valence electrons. The van der Waals surface area contributed by atoms with Crippen molar-refractivity contribution in [1.82, 2.24) is 10.6 Å². The van der Waals surface area contributed by atoms with Crippen molar-refractivity contribution in [2.24, 2.45) is 5.41 Å². The van der Waals surface area contributed by atoms with Gasteiger partial charge in [-0.05, 0) is 26.2 Å². The molecule has 0 aromatic carbocycles. The van der Waals surface area contributed by atoms with Crippen molar-refractivity contribution in [3.8, 4) is 0 Å². The van der Waals surface area contributed by atoms with E-state index in [0.717, 1.165) is 12.8 Å². The number of urea groups is 1. The monoisotopic (exact) mass is 244 g/mol. The van der Waals surface area contributed by atoms with E-state index in [4.69, 9.17) is 5.11 Å². The Morgan fingerprint density at radius 2 is 1.76 bits per heavy atom. The van der Waals surface area contributed by atoms with Crippen LogP contribution in [0.25, 0.3) is 0 Å². The molecule has 0 aromatic rings. The summed E-state index contributed by atoms with van der Waals surface area (Å²) in [6.45, 7) is 7.58. The van der Waals surface area contributed by atoms with Crippen LogP contribution in [-0.2, 0) is 4.79 Å². The van der Waals surface area contributed by atoms with Gasteiger partial charge in [0.15, 0.2) is 0 Å². The first-order valence-corrected chi connectivity index (χ1v) is 6.17. The molecular formula is C12H24N2O3. The fourth-order valence-electron chi connectivity index (χ4n) is 1.36. The van der Waals surface area contributed by atoms with Crippen LogP contribution in [0.15, 0.2) is 0 Å². The average Bonchev–Trinajstić information content (AvgIpc) is 2.32. The molecule has 0 radical (unpaired) electrons. The minimum atomic E-state index is -0.898. The van der Waals surface area contributed by atoms with Crippen molar-refractivity contribution in [3.63, 3.8) is 0 Å². The molecule has 0 saturated heterocycles. The molecule has 1 atom stereocenters. The number of carboxylic acid groups (broad SMARTS) is 1. The molecule has 0 bridgehead atoms. The van der Waals surface area contributed by atoms with Crippen molar-refractivity contribution in [2.45, 2.75) is 53.0 Å². The Balaban J connectivity index is 4.19. The highest BCUT2D eigenvalue weighted by atomic mass is 16.4. The van der Waals surface area contributed by atoms with E-state index >= 15 is 0 Å². The van der Waals surface area contributed by atoms with Crippen LogP contribution in [0.2, 0.25) is 0 Å². The van der Waals surface area contributed by atoms with Crippen LogP contribution >= 0.6 is 0 Å². The highest BCUT2D eigenvalue weighted by Crippen LogP contribution is 2.19. The van der Waals surface area contributed by atoms with Gasteiger partial charge in [0.05, 0.1) is 5.41 Å². The van der Waals surface area contributed by atoms with Crippen LogP contribution < -0.4 is 10.6 Å². The largest absolute Gasteiger partial charge is 0.481 e. The smallest absolute Gasteiger partial charge is 0.315 e. The molecule has 5 nitrogen and oxygen atoms in total. The summed E-state index contributed by atoms with van der Waals surface area (Å²) in [5.74, 6) is -0.886. The van der Waals surface area contributed by atoms with E-state index in [0.29, 0.717) is 6.42 Å². The van der Waals surface area contributed by atoms with Crippen LogP contribution in [0.1, 0.15) is 47.0 Å². The van der Waals surface area contributed by atoms with Crippen LogP contribution in [0.5, 0.6) is 0 Å². The maximum absolute atomic E-state index is 11.5. The predicted molar refractivity (Wildman–Crippen MR) is 66.9 cm³/mol. The Morgan fingerprint density at radius 3 is 2.12 bits per heavy atom. The van der Waals surface area contributed by atoms with Gasteiger partial charge < -0.3 is 15.7 Å². The molecule has 1 unspecified atom stereocenters. The summed E-state index contributed by atoms with van der Waals surface area (Å²) in [6, 6.07) is -0.146. The summed E-state index contributed by atoms with van der Waals surface area (Å²) in [6.07, 6.45) is 2.22. The molecule has 0 aliphatic carbocycles. The second-order valence-electron chi connectivity index (χ2n) is 4.56. The highest BCUT2D eigenvalue weighted by molar-refractivity contribution is 5.77. The fourth-order valence-corrected chi connectivity index (χ4v) is 1.36. The number of nitrogens with one attached hydrogen (secondary N) is 2. The van der Waals surface area contributed by atoms with Gasteiger partial charge >= 0.3 is 12.0 Å². The lowest BCUT2D eigenvalue weighted by molar-refractivity contribution is -0.147. The summed E-state index contributed by atoms with van der Waals surface area (Å²) in [7, 11) is 0. The van der Waals surface area contributed by atoms with Gasteiger partial charge in [-0.15, -0.1) is 0 Å². The van der Waals surface area contributed by atoms with E-state index in [1.54, 1.807) is 13.8 Å². The molecule has 2 amide bonds. The molecule has 17 heavy (non-hydrogen) atoms. The Morgan fingerprint density at radius 1 is 1.24 bits per heavy atom. The van der Waals surface area contributed by atoms with Crippen LogP contribution in [0, 0.1) is 5.41 Å². The molecule has 0 heterocycles. The van der Waals surface area contributed by atoms with E-state index in [1.165, 1.54) is 0 Å². The SMILES string of the molecule is CCC(CC)NC(=O)NCC(C)(CC)C(=O)O. The van der Waals surface area contributed by atoms with Gasteiger partial charge in [-0.2, -0.15) is 0 Å². The highest BCUT2D eigenvalue weighted by Gasteiger charge is 2.31. The van der Waals surface area contributed by atoms with E-state index in [2.05, 4.69) is 10.6 Å². The molecule has 3 N–H and O–H groups in total. The minimum absolute atomic E-state index is 0.144. The quantitative estimate of drug-likeness (QED) is 0.640. The minimum Gasteiger partial charge on any atom is -0.481 e. The normalized spacial score (nSPS) is 14.2. The number of amides is 2. The van der Waals surface area contributed by atoms with Gasteiger partial charge in [0.2, 0.25) is 0 Å². The summed E-state index contributed by atoms with van der Waals surface area (Å²) in [5.41, 5.74) is -0.898. The maximum Gasteiger partial charge on any atom is 0.315 e. The number of carbonyl (C=O) groups excluding carboxylic acids is 1. The Kier molecular flexibility index (Phi) is 6.61. The van der Waals surface area contributed by atoms with Crippen molar-refractivity contribution in [2.75, 3.05) is 6.54 Å². The second kappa shape index (κ2) is 7.14. The summed E-state index contributed by atoms with van der Waals surface area (Å²) in [4.78, 5) is 22.6. The molecule has 0 rings (SSSR count). The molecule has 0 aliphatic rings. The van der Waals surface area contributed by atoms with Gasteiger partial charge in [0, 0.05) is 12.6 Å². The van der Waals surface area contributed by atoms with Crippen LogP contribution in [-0.4, -0.2) is 29.7 Å². The third kappa shape index (κ3) is 5.06. The standard InChI is InChI=1S/C12H24N2O3/c1-5-9(6-2)14-11(17)13-8-12(4,7-3)10(15)16/h9H,5-8H2,1-4H3,(H,15,16)(H2,13,14,17). The van der Waals surface area contributed by atoms with Crippen molar-refractivity contribution in [3.05, 3.63) is 0 Å². The van der Waals surface area contributed by atoms with Gasteiger partial charge in [-0.3, -0.25) is 4.79 Å². The third-order valence-corrected chi connectivity index (χ3v) is 3.26. The lowest BCUT2D eigenvalue weighted by atomic mass is 9.88. The Labute approximate surface area is 103 Å². The second-order valence-corrected chi connectivity index (χ2v) is 4.56. The zero-order valence-electron chi connectivity index (χ0n) is 11.2. The fraction of sp³-hybridized carbons (Fsp3) is 0.833. The summed E-state index contributed by atoms with van der Waals surface area (Å²) >= 11 is 0. The van der Waals surface area contributed by atoms with Crippen molar-refractivity contribution in [1.29, 1.82) is 0 Å². The molecular weight excluding hydrogens is 220 g/mol. The van der Waals surface area contributed by atoms with E-state index in [9.17, 15) is 9.59 Å². The predicted octanol–water partition coefficient (Wildman–Crippen LogP) is 1.98. The van der Waals surface area contributed by atoms with Gasteiger partial charge in [-0.25, -0.2) is 4.79 Å². The van der Waals surface area contributed by atoms with Gasteiger partial charge in [0.25, 0.3) is 0 Å². The lowest BCUT2D eigenvalue weighted by Crippen LogP contribution is -2.47. The average molecular weight is 244 g/mol. The first-order valence-electron chi connectivity index (χ1n) is 6.17. The molecule has 0 aliphatic heterocycles. The van der Waals surface area contributed by atoms with Crippen molar-refractivity contribution < 1.29 is 14.7 Å². The number of carboxylic acids is 1. The zero-order valence-corrected chi connectivity index (χ0v) is 11.2. The summed E-state index contributed by atoms with van der Waals surface area (Å²) < 4.78 is 0. The third-order valence-electron chi connectivity index (χ3n) is 3.26. The van der Waals surface area contributed by atoms with Crippen molar-refractivity contribution >= 4 is 12.0 Å². The Hall–Kier alpha value is -1.26. The molecule has 0 spiro atoms. The number of hydrogen-bond acceptors (Lipinski definition) is 2. The van der Waals surface area contributed by atoms with E-state index in [-0.39, 0.29) is 18.6 Å². The zero-order chi connectivity index (χ0) is 13.5. The molecule has 0 fully saturated rings. The first kappa shape index (κ1) is 15.7. The maximum atomic E-state index is 11.5. The van der Waals surface area contributed by atoms with Gasteiger partial charge in [-0.1, -0.05) is 20.8 Å². The lowest BCUT2D eigenvalue weighted by Gasteiger charge is -2.24.